The zero-order valence-corrected chi connectivity index (χ0v) is 66.4. The van der Waals surface area contributed by atoms with Crippen molar-refractivity contribution in [2.45, 2.75) is 533 Å². The van der Waals surface area contributed by atoms with Crippen LogP contribution in [0.25, 0.3) is 0 Å². The normalized spacial score (nSPS) is 12.5. The highest BCUT2D eigenvalue weighted by atomic mass is 16.5. The van der Waals surface area contributed by atoms with Gasteiger partial charge in [0.1, 0.15) is 0 Å². The predicted octanol–water partition coefficient (Wildman–Crippen LogP) is 30.3. The van der Waals surface area contributed by atoms with Crippen LogP contribution < -0.4 is 5.32 Å². The molecule has 0 aromatic carbocycles. The smallest absolute Gasteiger partial charge is 0.305 e. The Kier molecular flexibility index (Phi) is 85.3. The van der Waals surface area contributed by atoms with Crippen LogP contribution in [0.5, 0.6) is 0 Å². The van der Waals surface area contributed by atoms with Gasteiger partial charge in [0.15, 0.2) is 0 Å². The van der Waals surface area contributed by atoms with Gasteiger partial charge in [-0.25, -0.2) is 0 Å². The van der Waals surface area contributed by atoms with E-state index in [1.165, 1.54) is 449 Å². The standard InChI is InChI=1S/C91H177NO5/c1-3-5-7-9-11-13-15-17-19-21-23-24-42-45-48-51-55-59-63-67-71-75-79-83-89(94)88(87-93)92-90(95)84-80-76-72-68-64-60-56-52-49-46-43-40-38-36-34-32-30-28-26-25-27-29-31-33-35-37-39-41-44-47-50-54-58-62-66-70-74-78-82-86-97-91(96)85-81-77-73-69-65-61-57-53-22-20-18-16-14-12-10-8-6-4-2/h20,22,25-26,88-89,93-94H,3-19,21,23-24,27-87H2,1-2H3,(H,92,95)/b22-20-,26-25-. The van der Waals surface area contributed by atoms with Gasteiger partial charge >= 0.3 is 5.97 Å². The molecule has 0 aromatic rings. The Morgan fingerprint density at radius 3 is 0.732 bits per heavy atom. The summed E-state index contributed by atoms with van der Waals surface area (Å²) in [4.78, 5) is 24.7. The number of nitrogens with one attached hydrogen (secondary N) is 1. The number of ether oxygens (including phenoxy) is 1. The van der Waals surface area contributed by atoms with E-state index in [-0.39, 0.29) is 18.5 Å². The number of hydrogen-bond donors (Lipinski definition) is 3. The van der Waals surface area contributed by atoms with Crippen LogP contribution in [0, 0.1) is 0 Å². The first-order valence-corrected chi connectivity index (χ1v) is 45.1. The van der Waals surface area contributed by atoms with Gasteiger partial charge in [0.05, 0.1) is 25.4 Å². The summed E-state index contributed by atoms with van der Waals surface area (Å²) in [7, 11) is 0. The van der Waals surface area contributed by atoms with Crippen LogP contribution in [-0.2, 0) is 14.3 Å². The first kappa shape index (κ1) is 95.3. The fourth-order valence-corrected chi connectivity index (χ4v) is 14.6. The third-order valence-electron chi connectivity index (χ3n) is 21.5. The third-order valence-corrected chi connectivity index (χ3v) is 21.5. The molecule has 0 aliphatic heterocycles. The van der Waals surface area contributed by atoms with E-state index < -0.39 is 12.1 Å². The van der Waals surface area contributed by atoms with Crippen LogP contribution >= 0.6 is 0 Å². The maximum absolute atomic E-state index is 12.6. The van der Waals surface area contributed by atoms with E-state index in [1.807, 2.05) is 0 Å². The van der Waals surface area contributed by atoms with E-state index in [0.29, 0.717) is 25.9 Å². The van der Waals surface area contributed by atoms with Gasteiger partial charge in [-0.3, -0.25) is 9.59 Å². The van der Waals surface area contributed by atoms with Gasteiger partial charge < -0.3 is 20.3 Å². The molecule has 2 unspecified atom stereocenters. The SMILES string of the molecule is CCCCCCCCC/C=C\CCCCCCCCCC(=O)OCCCCCCCCCCCCCCCCCCCC/C=C\CCCCCCCCCCCCCCCCCCCC(=O)NC(CO)C(O)CCCCCCCCCCCCCCCCCCCCCCCCC. The van der Waals surface area contributed by atoms with Gasteiger partial charge in [0.2, 0.25) is 5.91 Å². The van der Waals surface area contributed by atoms with E-state index in [2.05, 4.69) is 43.5 Å². The van der Waals surface area contributed by atoms with Crippen molar-refractivity contribution < 1.29 is 24.5 Å². The Bertz CT molecular complexity index is 1530. The van der Waals surface area contributed by atoms with E-state index >= 15 is 0 Å². The second-order valence-corrected chi connectivity index (χ2v) is 31.3. The molecule has 0 bridgehead atoms. The van der Waals surface area contributed by atoms with Crippen molar-refractivity contribution in [2.24, 2.45) is 0 Å². The molecule has 0 rings (SSSR count). The van der Waals surface area contributed by atoms with Crippen LogP contribution in [0.2, 0.25) is 0 Å². The first-order valence-electron chi connectivity index (χ1n) is 45.1. The minimum Gasteiger partial charge on any atom is -0.466 e. The molecule has 0 radical (unpaired) electrons. The maximum Gasteiger partial charge on any atom is 0.305 e. The molecule has 576 valence electrons. The Balaban J connectivity index is 3.32. The van der Waals surface area contributed by atoms with Crippen LogP contribution in [0.3, 0.4) is 0 Å². The fourth-order valence-electron chi connectivity index (χ4n) is 14.6. The number of unbranched alkanes of at least 4 members (excludes halogenated alkanes) is 71. The molecular formula is C91H177NO5. The summed E-state index contributed by atoms with van der Waals surface area (Å²) in [6.45, 7) is 5.02. The van der Waals surface area contributed by atoms with Crippen molar-refractivity contribution >= 4 is 11.9 Å². The summed E-state index contributed by atoms with van der Waals surface area (Å²) < 4.78 is 5.52. The number of carbonyl (C=O) groups is 2. The van der Waals surface area contributed by atoms with Gasteiger partial charge in [0.25, 0.3) is 0 Å². The molecular weight excluding hydrogens is 1190 g/mol. The fraction of sp³-hybridized carbons (Fsp3) is 0.934. The van der Waals surface area contributed by atoms with Gasteiger partial charge in [-0.15, -0.1) is 0 Å². The third kappa shape index (κ3) is 83.2. The summed E-state index contributed by atoms with van der Waals surface area (Å²) in [6, 6.07) is -0.539. The zero-order valence-electron chi connectivity index (χ0n) is 66.4. The number of carbonyl (C=O) groups excluding carboxylic acids is 2. The molecule has 0 spiro atoms. The number of esters is 1. The molecule has 0 aliphatic rings. The van der Waals surface area contributed by atoms with E-state index in [4.69, 9.17) is 4.74 Å². The lowest BCUT2D eigenvalue weighted by atomic mass is 10.0. The molecule has 2 atom stereocenters. The first-order chi connectivity index (χ1) is 48.0. The van der Waals surface area contributed by atoms with Gasteiger partial charge in [0, 0.05) is 12.8 Å². The summed E-state index contributed by atoms with van der Waals surface area (Å²) in [5, 5.41) is 23.5. The summed E-state index contributed by atoms with van der Waals surface area (Å²) in [5.41, 5.74) is 0. The lowest BCUT2D eigenvalue weighted by Crippen LogP contribution is -2.45. The molecule has 6 heteroatoms. The van der Waals surface area contributed by atoms with Crippen molar-refractivity contribution in [3.63, 3.8) is 0 Å². The Morgan fingerprint density at radius 1 is 0.278 bits per heavy atom. The van der Waals surface area contributed by atoms with Crippen LogP contribution in [0.15, 0.2) is 24.3 Å². The van der Waals surface area contributed by atoms with Crippen molar-refractivity contribution in [1.29, 1.82) is 0 Å². The number of allylic oxidation sites excluding steroid dienone is 4. The highest BCUT2D eigenvalue weighted by Gasteiger charge is 2.20. The average molecular weight is 1370 g/mol. The minimum atomic E-state index is -0.663. The van der Waals surface area contributed by atoms with Crippen molar-refractivity contribution in [1.82, 2.24) is 5.32 Å². The molecule has 3 N–H and O–H groups in total. The maximum atomic E-state index is 12.6. The lowest BCUT2D eigenvalue weighted by Gasteiger charge is -2.22. The summed E-state index contributed by atoms with van der Waals surface area (Å²) >= 11 is 0. The second kappa shape index (κ2) is 86.7. The summed E-state index contributed by atoms with van der Waals surface area (Å²) in [5.74, 6) is -0.00339. The number of hydrogen-bond acceptors (Lipinski definition) is 5. The Labute approximate surface area is 609 Å². The average Bonchev–Trinajstić information content (AvgIpc) is 2.52. The number of amides is 1. The molecule has 6 nitrogen and oxygen atoms in total. The van der Waals surface area contributed by atoms with Crippen LogP contribution in [-0.4, -0.2) is 47.4 Å². The highest BCUT2D eigenvalue weighted by Crippen LogP contribution is 2.21. The molecule has 1 amide bonds. The lowest BCUT2D eigenvalue weighted by molar-refractivity contribution is -0.143. The Morgan fingerprint density at radius 2 is 0.485 bits per heavy atom. The summed E-state index contributed by atoms with van der Waals surface area (Å²) in [6.07, 6.45) is 113. The van der Waals surface area contributed by atoms with Gasteiger partial charge in [-0.1, -0.05) is 456 Å². The van der Waals surface area contributed by atoms with Crippen LogP contribution in [0.1, 0.15) is 521 Å². The van der Waals surface area contributed by atoms with Crippen LogP contribution in [0.4, 0.5) is 0 Å². The zero-order chi connectivity index (χ0) is 69.8. The van der Waals surface area contributed by atoms with E-state index in [1.54, 1.807) is 0 Å². The number of aliphatic hydroxyl groups is 2. The van der Waals surface area contributed by atoms with Crippen molar-refractivity contribution in [3.05, 3.63) is 24.3 Å². The molecule has 0 saturated heterocycles. The number of aliphatic hydroxyl groups excluding tert-OH is 2. The van der Waals surface area contributed by atoms with Gasteiger partial charge in [-0.2, -0.15) is 0 Å². The molecule has 0 aliphatic carbocycles. The topological polar surface area (TPSA) is 95.9 Å². The molecule has 0 saturated carbocycles. The molecule has 0 fully saturated rings. The highest BCUT2D eigenvalue weighted by molar-refractivity contribution is 5.76. The molecule has 0 heterocycles. The number of rotatable bonds is 86. The van der Waals surface area contributed by atoms with Crippen molar-refractivity contribution in [3.8, 4) is 0 Å². The predicted molar refractivity (Wildman–Crippen MR) is 430 cm³/mol. The molecule has 0 aromatic heterocycles. The van der Waals surface area contributed by atoms with E-state index in [0.717, 1.165) is 38.5 Å². The van der Waals surface area contributed by atoms with Crippen molar-refractivity contribution in [2.75, 3.05) is 13.2 Å². The largest absolute Gasteiger partial charge is 0.466 e. The molecule has 97 heavy (non-hydrogen) atoms. The monoisotopic (exact) mass is 1360 g/mol. The second-order valence-electron chi connectivity index (χ2n) is 31.3. The van der Waals surface area contributed by atoms with E-state index in [9.17, 15) is 19.8 Å². The van der Waals surface area contributed by atoms with Gasteiger partial charge in [-0.05, 0) is 77.0 Å². The minimum absolute atomic E-state index is 0.0209. The quantitative estimate of drug-likeness (QED) is 0.0320. The Hall–Kier alpha value is -1.66.